The molecule has 0 spiro atoms. The standard InChI is InChI=1S/C11H13FN2O/c12-10-8-9(4-5-11(10)14)15-7-3-1-2-6-13/h4-5,8H,1-3,7,14H2. The van der Waals surface area contributed by atoms with Gasteiger partial charge in [-0.3, -0.25) is 0 Å². The van der Waals surface area contributed by atoms with Crippen LogP contribution in [0.25, 0.3) is 0 Å². The highest BCUT2D eigenvalue weighted by molar-refractivity contribution is 5.43. The van der Waals surface area contributed by atoms with Crippen molar-refractivity contribution >= 4 is 5.69 Å². The van der Waals surface area contributed by atoms with Gasteiger partial charge in [-0.25, -0.2) is 4.39 Å². The van der Waals surface area contributed by atoms with E-state index in [0.29, 0.717) is 18.8 Å². The Bertz CT molecular complexity index is 360. The predicted octanol–water partition coefficient (Wildman–Crippen LogP) is 2.48. The molecule has 2 N–H and O–H groups in total. The van der Waals surface area contributed by atoms with Crippen molar-refractivity contribution in [3.8, 4) is 11.8 Å². The topological polar surface area (TPSA) is 59.0 Å². The van der Waals surface area contributed by atoms with Gasteiger partial charge in [0.25, 0.3) is 0 Å². The van der Waals surface area contributed by atoms with Crippen LogP contribution in [0.15, 0.2) is 18.2 Å². The molecule has 0 amide bonds. The highest BCUT2D eigenvalue weighted by atomic mass is 19.1. The number of anilines is 1. The van der Waals surface area contributed by atoms with Crippen LogP contribution in [0.2, 0.25) is 0 Å². The van der Waals surface area contributed by atoms with Crippen LogP contribution in [-0.4, -0.2) is 6.61 Å². The van der Waals surface area contributed by atoms with E-state index >= 15 is 0 Å². The molecule has 15 heavy (non-hydrogen) atoms. The molecule has 3 nitrogen and oxygen atoms in total. The lowest BCUT2D eigenvalue weighted by molar-refractivity contribution is 0.306. The fourth-order valence-corrected chi connectivity index (χ4v) is 1.09. The number of hydrogen-bond acceptors (Lipinski definition) is 3. The van der Waals surface area contributed by atoms with Crippen molar-refractivity contribution in [2.45, 2.75) is 19.3 Å². The van der Waals surface area contributed by atoms with Crippen LogP contribution in [0.4, 0.5) is 10.1 Å². The zero-order valence-electron chi connectivity index (χ0n) is 8.37. The molecule has 0 saturated carbocycles. The third kappa shape index (κ3) is 3.86. The van der Waals surface area contributed by atoms with Gasteiger partial charge in [-0.15, -0.1) is 0 Å². The highest BCUT2D eigenvalue weighted by Crippen LogP contribution is 2.18. The van der Waals surface area contributed by atoms with Crippen molar-refractivity contribution in [3.05, 3.63) is 24.0 Å². The second-order valence-electron chi connectivity index (χ2n) is 3.15. The molecular weight excluding hydrogens is 195 g/mol. The molecule has 0 aromatic heterocycles. The van der Waals surface area contributed by atoms with Gasteiger partial charge in [0.15, 0.2) is 0 Å². The molecule has 1 rings (SSSR count). The Kier molecular flexibility index (Phi) is 4.42. The maximum Gasteiger partial charge on any atom is 0.149 e. The summed E-state index contributed by atoms with van der Waals surface area (Å²) in [6.07, 6.45) is 2.12. The lowest BCUT2D eigenvalue weighted by Gasteiger charge is -2.05. The van der Waals surface area contributed by atoms with Gasteiger partial charge < -0.3 is 10.5 Å². The smallest absolute Gasteiger partial charge is 0.149 e. The van der Waals surface area contributed by atoms with Gasteiger partial charge in [-0.05, 0) is 25.0 Å². The molecule has 0 aliphatic rings. The Labute approximate surface area is 88.3 Å². The van der Waals surface area contributed by atoms with Crippen LogP contribution in [0.1, 0.15) is 19.3 Å². The van der Waals surface area contributed by atoms with Gasteiger partial charge in [-0.1, -0.05) is 0 Å². The maximum atomic E-state index is 13.0. The number of benzene rings is 1. The van der Waals surface area contributed by atoms with Gasteiger partial charge in [0.1, 0.15) is 11.6 Å². The van der Waals surface area contributed by atoms with Crippen LogP contribution in [0, 0.1) is 17.1 Å². The van der Waals surface area contributed by atoms with E-state index in [2.05, 4.69) is 6.07 Å². The van der Waals surface area contributed by atoms with Crippen molar-refractivity contribution in [1.82, 2.24) is 0 Å². The minimum atomic E-state index is -0.468. The number of nitriles is 1. The van der Waals surface area contributed by atoms with Gasteiger partial charge >= 0.3 is 0 Å². The maximum absolute atomic E-state index is 13.0. The first kappa shape index (κ1) is 11.3. The van der Waals surface area contributed by atoms with Crippen molar-refractivity contribution in [1.29, 1.82) is 5.26 Å². The molecule has 0 fully saturated rings. The van der Waals surface area contributed by atoms with Gasteiger partial charge in [0.05, 0.1) is 18.4 Å². The molecule has 0 saturated heterocycles. The lowest BCUT2D eigenvalue weighted by atomic mass is 10.2. The Morgan fingerprint density at radius 1 is 1.40 bits per heavy atom. The fourth-order valence-electron chi connectivity index (χ4n) is 1.09. The summed E-state index contributed by atoms with van der Waals surface area (Å²) in [7, 11) is 0. The van der Waals surface area contributed by atoms with Crippen LogP contribution in [0.5, 0.6) is 5.75 Å². The van der Waals surface area contributed by atoms with Crippen molar-refractivity contribution < 1.29 is 9.13 Å². The quantitative estimate of drug-likeness (QED) is 0.597. The monoisotopic (exact) mass is 208 g/mol. The largest absolute Gasteiger partial charge is 0.493 e. The Hall–Kier alpha value is -1.76. The van der Waals surface area contributed by atoms with E-state index in [4.69, 9.17) is 15.7 Å². The zero-order chi connectivity index (χ0) is 11.1. The molecule has 0 atom stereocenters. The van der Waals surface area contributed by atoms with E-state index in [0.717, 1.165) is 12.8 Å². The molecule has 0 radical (unpaired) electrons. The van der Waals surface area contributed by atoms with E-state index in [1.807, 2.05) is 0 Å². The summed E-state index contributed by atoms with van der Waals surface area (Å²) in [6.45, 7) is 0.491. The van der Waals surface area contributed by atoms with Gasteiger partial charge in [0.2, 0.25) is 0 Å². The molecule has 80 valence electrons. The summed E-state index contributed by atoms with van der Waals surface area (Å²) in [5.41, 5.74) is 5.43. The summed E-state index contributed by atoms with van der Waals surface area (Å²) < 4.78 is 18.2. The molecule has 1 aromatic carbocycles. The van der Waals surface area contributed by atoms with Crippen LogP contribution in [0.3, 0.4) is 0 Å². The minimum absolute atomic E-state index is 0.117. The summed E-state index contributed by atoms with van der Waals surface area (Å²) in [5.74, 6) is 0.00295. The van der Waals surface area contributed by atoms with E-state index in [1.54, 1.807) is 6.07 Å². The van der Waals surface area contributed by atoms with E-state index in [1.165, 1.54) is 12.1 Å². The number of ether oxygens (including phenoxy) is 1. The number of nitrogens with two attached hydrogens (primary N) is 1. The molecule has 0 bridgehead atoms. The third-order valence-electron chi connectivity index (χ3n) is 1.92. The summed E-state index contributed by atoms with van der Waals surface area (Å²) in [6, 6.07) is 6.41. The number of nitrogens with zero attached hydrogens (tertiary/aromatic N) is 1. The van der Waals surface area contributed by atoms with E-state index in [-0.39, 0.29) is 5.69 Å². The predicted molar refractivity (Wildman–Crippen MR) is 55.8 cm³/mol. The van der Waals surface area contributed by atoms with Gasteiger partial charge in [-0.2, -0.15) is 5.26 Å². The SMILES string of the molecule is N#CCCCCOc1ccc(N)c(F)c1. The Balaban J connectivity index is 2.32. The first-order valence-electron chi connectivity index (χ1n) is 4.79. The zero-order valence-corrected chi connectivity index (χ0v) is 8.37. The van der Waals surface area contributed by atoms with Crippen LogP contribution in [-0.2, 0) is 0 Å². The molecule has 0 unspecified atom stereocenters. The first-order valence-corrected chi connectivity index (χ1v) is 4.79. The average Bonchev–Trinajstić information content (AvgIpc) is 2.23. The Morgan fingerprint density at radius 2 is 2.20 bits per heavy atom. The summed E-state index contributed by atoms with van der Waals surface area (Å²) >= 11 is 0. The molecular formula is C11H13FN2O. The number of rotatable bonds is 5. The van der Waals surface area contributed by atoms with Gasteiger partial charge in [0, 0.05) is 12.5 Å². The van der Waals surface area contributed by atoms with Crippen LogP contribution < -0.4 is 10.5 Å². The number of halogens is 1. The van der Waals surface area contributed by atoms with Crippen molar-refractivity contribution in [2.75, 3.05) is 12.3 Å². The normalized spacial score (nSPS) is 9.60. The summed E-state index contributed by atoms with van der Waals surface area (Å²) in [4.78, 5) is 0. The number of hydrogen-bond donors (Lipinski definition) is 1. The molecule has 4 heteroatoms. The first-order chi connectivity index (χ1) is 7.24. The molecule has 1 aromatic rings. The minimum Gasteiger partial charge on any atom is -0.493 e. The average molecular weight is 208 g/mol. The number of nitrogen functional groups attached to an aromatic ring is 1. The van der Waals surface area contributed by atoms with Crippen molar-refractivity contribution in [3.63, 3.8) is 0 Å². The fraction of sp³-hybridized carbons (Fsp3) is 0.364. The lowest BCUT2D eigenvalue weighted by Crippen LogP contribution is -1.98. The van der Waals surface area contributed by atoms with Crippen LogP contribution >= 0.6 is 0 Å². The summed E-state index contributed by atoms with van der Waals surface area (Å²) in [5, 5.41) is 8.30. The molecule has 0 aliphatic carbocycles. The Morgan fingerprint density at radius 3 is 2.87 bits per heavy atom. The van der Waals surface area contributed by atoms with E-state index in [9.17, 15) is 4.39 Å². The molecule has 0 aliphatic heterocycles. The van der Waals surface area contributed by atoms with E-state index < -0.39 is 5.82 Å². The highest BCUT2D eigenvalue weighted by Gasteiger charge is 2.00. The second-order valence-corrected chi connectivity index (χ2v) is 3.15. The molecule has 0 heterocycles. The third-order valence-corrected chi connectivity index (χ3v) is 1.92. The van der Waals surface area contributed by atoms with Crippen molar-refractivity contribution in [2.24, 2.45) is 0 Å². The number of unbranched alkanes of at least 4 members (excludes halogenated alkanes) is 2. The second kappa shape index (κ2) is 5.86.